The highest BCUT2D eigenvalue weighted by molar-refractivity contribution is 5.79. The van der Waals surface area contributed by atoms with Crippen LogP contribution in [0.5, 0.6) is 5.75 Å². The van der Waals surface area contributed by atoms with Crippen LogP contribution in [-0.2, 0) is 0 Å². The van der Waals surface area contributed by atoms with Gasteiger partial charge in [-0.25, -0.2) is 0 Å². The van der Waals surface area contributed by atoms with E-state index in [1.54, 1.807) is 0 Å². The molecule has 4 aromatic carbocycles. The van der Waals surface area contributed by atoms with Crippen molar-refractivity contribution in [3.8, 4) is 16.9 Å². The van der Waals surface area contributed by atoms with Gasteiger partial charge in [0.1, 0.15) is 11.9 Å². The Morgan fingerprint density at radius 2 is 1.24 bits per heavy atom. The maximum atomic E-state index is 6.90. The number of benzene rings is 4. The molecule has 2 heteroatoms. The van der Waals surface area contributed by atoms with E-state index in [0.29, 0.717) is 11.8 Å². The molecule has 4 aromatic rings. The Hall–Kier alpha value is -5.34. The Kier molecular flexibility index (Phi) is 6.59. The third-order valence-electron chi connectivity index (χ3n) is 10.2. The first-order chi connectivity index (χ1) is 22.8. The molecule has 46 heavy (non-hydrogen) atoms. The maximum absolute atomic E-state index is 6.90. The summed E-state index contributed by atoms with van der Waals surface area (Å²) in [7, 11) is 0. The number of ether oxygens (including phenoxy) is 1. The average Bonchev–Trinajstić information content (AvgIpc) is 3.52. The Labute approximate surface area is 271 Å². The highest BCUT2D eigenvalue weighted by Gasteiger charge is 2.46. The lowest BCUT2D eigenvalue weighted by Gasteiger charge is -2.38. The highest BCUT2D eigenvalue weighted by atomic mass is 16.5. The highest BCUT2D eigenvalue weighted by Crippen LogP contribution is 2.54. The SMILES string of the molecule is C1=CC2C=CC(N(c3ccccc3)c3ccc(C4=CC5c6cccc(-c7ccccc7)c6OC5C5C=CC=CC45)cc3)=CC2C=C1. The van der Waals surface area contributed by atoms with Crippen molar-refractivity contribution in [1.82, 2.24) is 0 Å². The second-order valence-corrected chi connectivity index (χ2v) is 12.8. The summed E-state index contributed by atoms with van der Waals surface area (Å²) >= 11 is 0. The molecular weight excluding hydrogens is 558 g/mol. The molecule has 0 fully saturated rings. The van der Waals surface area contributed by atoms with E-state index in [1.165, 1.54) is 33.5 Å². The second-order valence-electron chi connectivity index (χ2n) is 12.8. The van der Waals surface area contributed by atoms with Gasteiger partial charge in [0.15, 0.2) is 0 Å². The van der Waals surface area contributed by atoms with Crippen LogP contribution in [0, 0.1) is 23.7 Å². The monoisotopic (exact) mass is 593 g/mol. The fourth-order valence-corrected chi connectivity index (χ4v) is 7.96. The molecular formula is C44H35NO. The molecule has 0 saturated carbocycles. The quantitative estimate of drug-likeness (QED) is 0.228. The molecule has 1 aliphatic heterocycles. The van der Waals surface area contributed by atoms with E-state index in [2.05, 4.69) is 181 Å². The molecule has 0 N–H and O–H groups in total. The van der Waals surface area contributed by atoms with Crippen molar-refractivity contribution < 1.29 is 4.74 Å². The van der Waals surface area contributed by atoms with Gasteiger partial charge >= 0.3 is 0 Å². The molecule has 0 aromatic heterocycles. The van der Waals surface area contributed by atoms with E-state index in [0.717, 1.165) is 17.1 Å². The van der Waals surface area contributed by atoms with E-state index in [9.17, 15) is 0 Å². The molecule has 6 unspecified atom stereocenters. The lowest BCUT2D eigenvalue weighted by Crippen LogP contribution is -2.36. The summed E-state index contributed by atoms with van der Waals surface area (Å²) in [6.45, 7) is 0. The van der Waals surface area contributed by atoms with Crippen LogP contribution in [0.1, 0.15) is 17.0 Å². The molecule has 0 saturated heterocycles. The average molecular weight is 594 g/mol. The summed E-state index contributed by atoms with van der Waals surface area (Å²) in [4.78, 5) is 2.38. The van der Waals surface area contributed by atoms with Crippen molar-refractivity contribution in [1.29, 1.82) is 0 Å². The van der Waals surface area contributed by atoms with Crippen molar-refractivity contribution in [2.24, 2.45) is 23.7 Å². The molecule has 4 aliphatic carbocycles. The van der Waals surface area contributed by atoms with Crippen LogP contribution >= 0.6 is 0 Å². The molecule has 6 atom stereocenters. The molecule has 0 spiro atoms. The Bertz CT molecular complexity index is 1990. The molecule has 0 radical (unpaired) electrons. The maximum Gasteiger partial charge on any atom is 0.131 e. The van der Waals surface area contributed by atoms with Crippen LogP contribution in [0.2, 0.25) is 0 Å². The molecule has 1 heterocycles. The lowest BCUT2D eigenvalue weighted by atomic mass is 9.68. The van der Waals surface area contributed by atoms with Crippen LogP contribution in [0.15, 0.2) is 182 Å². The number of rotatable bonds is 5. The first kappa shape index (κ1) is 27.0. The minimum absolute atomic E-state index is 0.0835. The van der Waals surface area contributed by atoms with Crippen LogP contribution < -0.4 is 9.64 Å². The van der Waals surface area contributed by atoms with Gasteiger partial charge in [-0.1, -0.05) is 146 Å². The summed E-state index contributed by atoms with van der Waals surface area (Å²) in [5.74, 6) is 2.58. The Morgan fingerprint density at radius 1 is 0.522 bits per heavy atom. The van der Waals surface area contributed by atoms with E-state index in [4.69, 9.17) is 4.74 Å². The number of nitrogens with zero attached hydrogens (tertiary/aromatic N) is 1. The molecule has 2 nitrogen and oxygen atoms in total. The van der Waals surface area contributed by atoms with Crippen LogP contribution in [0.3, 0.4) is 0 Å². The first-order valence-corrected chi connectivity index (χ1v) is 16.4. The smallest absolute Gasteiger partial charge is 0.131 e. The number of hydrogen-bond donors (Lipinski definition) is 0. The van der Waals surface area contributed by atoms with Crippen LogP contribution in [-0.4, -0.2) is 6.10 Å². The number of allylic oxidation sites excluding steroid dienone is 11. The Morgan fingerprint density at radius 3 is 2.07 bits per heavy atom. The zero-order chi connectivity index (χ0) is 30.5. The molecule has 5 aliphatic rings. The number of para-hydroxylation sites is 2. The topological polar surface area (TPSA) is 12.5 Å². The zero-order valence-electron chi connectivity index (χ0n) is 25.6. The van der Waals surface area contributed by atoms with Gasteiger partial charge in [-0.05, 0) is 47.0 Å². The zero-order valence-corrected chi connectivity index (χ0v) is 25.6. The summed E-state index contributed by atoms with van der Waals surface area (Å²) in [6.07, 6.45) is 27.6. The van der Waals surface area contributed by atoms with E-state index in [1.807, 2.05) is 0 Å². The molecule has 9 rings (SSSR count). The second kappa shape index (κ2) is 11.2. The van der Waals surface area contributed by atoms with Crippen molar-refractivity contribution >= 4 is 16.9 Å². The van der Waals surface area contributed by atoms with Crippen molar-refractivity contribution in [2.45, 2.75) is 12.0 Å². The van der Waals surface area contributed by atoms with Gasteiger partial charge in [0, 0.05) is 57.8 Å². The van der Waals surface area contributed by atoms with Gasteiger partial charge in [0.25, 0.3) is 0 Å². The predicted octanol–water partition coefficient (Wildman–Crippen LogP) is 10.6. The standard InChI is InChI=1S/C44H35NO/c1-3-13-31(14-4-1)37-20-11-21-40-42-29-41(38-18-9-10-19-39(38)44(42)46-43(37)40)32-23-25-35(26-24-32)45(34-16-5-2-6-17-34)36-27-22-30-12-7-8-15-33(30)28-36/h1-30,33,38-39,42,44H. The van der Waals surface area contributed by atoms with Crippen molar-refractivity contribution in [3.05, 3.63) is 193 Å². The number of fused-ring (bicyclic) bond motifs is 6. The van der Waals surface area contributed by atoms with Crippen molar-refractivity contribution in [2.75, 3.05) is 4.90 Å². The first-order valence-electron chi connectivity index (χ1n) is 16.4. The van der Waals surface area contributed by atoms with E-state index < -0.39 is 0 Å². The minimum atomic E-state index is 0.0835. The predicted molar refractivity (Wildman–Crippen MR) is 190 cm³/mol. The van der Waals surface area contributed by atoms with Gasteiger partial charge in [-0.15, -0.1) is 0 Å². The summed E-state index contributed by atoms with van der Waals surface area (Å²) in [5, 5.41) is 0. The number of anilines is 2. The van der Waals surface area contributed by atoms with Gasteiger partial charge in [-0.2, -0.15) is 0 Å². The minimum Gasteiger partial charge on any atom is -0.488 e. The molecule has 222 valence electrons. The van der Waals surface area contributed by atoms with Gasteiger partial charge in [0.05, 0.1) is 0 Å². The molecule has 0 amide bonds. The van der Waals surface area contributed by atoms with Gasteiger partial charge < -0.3 is 9.64 Å². The summed E-state index contributed by atoms with van der Waals surface area (Å²) in [5.41, 5.74) is 9.84. The summed E-state index contributed by atoms with van der Waals surface area (Å²) in [6, 6.07) is 37.2. The van der Waals surface area contributed by atoms with E-state index >= 15 is 0 Å². The number of hydrogen-bond acceptors (Lipinski definition) is 2. The third-order valence-corrected chi connectivity index (χ3v) is 10.2. The third kappa shape index (κ3) is 4.56. The lowest BCUT2D eigenvalue weighted by molar-refractivity contribution is 0.153. The van der Waals surface area contributed by atoms with Crippen molar-refractivity contribution in [3.63, 3.8) is 0 Å². The van der Waals surface area contributed by atoms with Crippen LogP contribution in [0.25, 0.3) is 16.7 Å². The largest absolute Gasteiger partial charge is 0.488 e. The summed E-state index contributed by atoms with van der Waals surface area (Å²) < 4.78 is 6.90. The Balaban J connectivity index is 1.10. The van der Waals surface area contributed by atoms with Gasteiger partial charge in [0.2, 0.25) is 0 Å². The normalized spacial score (nSPS) is 26.3. The molecule has 0 bridgehead atoms. The fraction of sp³-hybridized carbons (Fsp3) is 0.136. The van der Waals surface area contributed by atoms with Gasteiger partial charge in [-0.3, -0.25) is 0 Å². The fourth-order valence-electron chi connectivity index (χ4n) is 7.96. The van der Waals surface area contributed by atoms with E-state index in [-0.39, 0.29) is 23.9 Å². The van der Waals surface area contributed by atoms with Crippen LogP contribution in [0.4, 0.5) is 11.4 Å².